The van der Waals surface area contributed by atoms with Crippen molar-refractivity contribution in [3.63, 3.8) is 0 Å². The Morgan fingerprint density at radius 2 is 0.741 bits per heavy atom. The summed E-state index contributed by atoms with van der Waals surface area (Å²) in [6.45, 7) is -2.39. The first-order chi connectivity index (χ1) is 11.3. The second-order valence-corrected chi connectivity index (χ2v) is 5.27. The van der Waals surface area contributed by atoms with E-state index in [1.54, 1.807) is 0 Å². The first kappa shape index (κ1) is 25.6. The highest BCUT2D eigenvalue weighted by atomic mass is 19.4. The summed E-state index contributed by atoms with van der Waals surface area (Å²) in [6.07, 6.45) is -36.3. The zero-order valence-electron chi connectivity index (χ0n) is 12.5. The minimum atomic E-state index is -7.65. The monoisotopic (exact) mass is 442 g/mol. The summed E-state index contributed by atoms with van der Waals surface area (Å²) in [6, 6.07) is 0. The molecule has 0 atom stereocenters. The molecule has 0 saturated carbocycles. The second kappa shape index (κ2) is 6.32. The van der Waals surface area contributed by atoms with Crippen molar-refractivity contribution in [2.75, 3.05) is 0 Å². The van der Waals surface area contributed by atoms with Gasteiger partial charge < -0.3 is 0 Å². The molecule has 0 aromatic heterocycles. The van der Waals surface area contributed by atoms with E-state index < -0.39 is 67.0 Å². The first-order valence-electron chi connectivity index (χ1n) is 6.02. The Balaban J connectivity index is 7.82. The standard InChI is InChI=1S/C11H6F16/c1-3(7(13,14)15)4(5(2,8(16,17)18)9(19,20)21)6(12,10(22,23)24)11(25,26)27/h1-2H3/b4-3+. The van der Waals surface area contributed by atoms with Crippen molar-refractivity contribution in [1.82, 2.24) is 0 Å². The Morgan fingerprint density at radius 3 is 0.889 bits per heavy atom. The minimum Gasteiger partial charge on any atom is -0.218 e. The number of hydrogen-bond acceptors (Lipinski definition) is 0. The highest BCUT2D eigenvalue weighted by Crippen LogP contribution is 2.65. The van der Waals surface area contributed by atoms with Gasteiger partial charge in [-0.3, -0.25) is 0 Å². The fourth-order valence-electron chi connectivity index (χ4n) is 2.01. The summed E-state index contributed by atoms with van der Waals surface area (Å²) in [5.74, 6) is 0. The topological polar surface area (TPSA) is 0 Å². The van der Waals surface area contributed by atoms with Gasteiger partial charge in [0.25, 0.3) is 0 Å². The average Bonchev–Trinajstić information content (AvgIpc) is 2.31. The zero-order valence-corrected chi connectivity index (χ0v) is 12.5. The lowest BCUT2D eigenvalue weighted by molar-refractivity contribution is -0.362. The lowest BCUT2D eigenvalue weighted by Gasteiger charge is -2.44. The quantitative estimate of drug-likeness (QED) is 0.325. The number of hydrogen-bond donors (Lipinski definition) is 0. The third-order valence-corrected chi connectivity index (χ3v) is 3.56. The van der Waals surface area contributed by atoms with Crippen molar-refractivity contribution in [1.29, 1.82) is 0 Å². The van der Waals surface area contributed by atoms with Gasteiger partial charge in [-0.15, -0.1) is 0 Å². The van der Waals surface area contributed by atoms with Crippen LogP contribution in [0.25, 0.3) is 0 Å². The SMILES string of the molecule is C/C(=C(/C(C)(C(F)(F)F)C(F)(F)F)C(F)(C(F)(F)F)C(F)(F)F)C(F)(F)F. The second-order valence-electron chi connectivity index (χ2n) is 5.27. The fraction of sp³-hybridized carbons (Fsp3) is 0.818. The van der Waals surface area contributed by atoms with Crippen molar-refractivity contribution in [3.8, 4) is 0 Å². The maximum Gasteiger partial charge on any atom is 0.435 e. The van der Waals surface area contributed by atoms with Crippen LogP contribution in [0.2, 0.25) is 0 Å². The maximum atomic E-state index is 14.0. The average molecular weight is 442 g/mol. The minimum absolute atomic E-state index is 0.948. The molecule has 0 saturated heterocycles. The predicted octanol–water partition coefficient (Wildman–Crippen LogP) is 6.83. The van der Waals surface area contributed by atoms with E-state index in [4.69, 9.17) is 0 Å². The maximum absolute atomic E-state index is 14.0. The molecule has 0 N–H and O–H groups in total. The van der Waals surface area contributed by atoms with Crippen LogP contribution in [0.15, 0.2) is 11.1 Å². The van der Waals surface area contributed by atoms with E-state index in [0.29, 0.717) is 0 Å². The molecule has 0 amide bonds. The van der Waals surface area contributed by atoms with Crippen LogP contribution in [0.4, 0.5) is 70.2 Å². The fourth-order valence-corrected chi connectivity index (χ4v) is 2.01. The van der Waals surface area contributed by atoms with Crippen LogP contribution in [0.3, 0.4) is 0 Å². The highest BCUT2D eigenvalue weighted by Gasteiger charge is 2.84. The van der Waals surface area contributed by atoms with Gasteiger partial charge in [0, 0.05) is 11.1 Å². The molecule has 27 heavy (non-hydrogen) atoms. The molecular weight excluding hydrogens is 436 g/mol. The summed E-state index contributed by atoms with van der Waals surface area (Å²) in [7, 11) is 0. The summed E-state index contributed by atoms with van der Waals surface area (Å²) in [4.78, 5) is 0. The van der Waals surface area contributed by atoms with E-state index in [-0.39, 0.29) is 0 Å². The Labute approximate surface area is 138 Å². The molecule has 0 rings (SSSR count). The third kappa shape index (κ3) is 3.93. The van der Waals surface area contributed by atoms with E-state index >= 15 is 0 Å². The van der Waals surface area contributed by atoms with Crippen molar-refractivity contribution in [2.24, 2.45) is 5.41 Å². The Kier molecular flexibility index (Phi) is 6.00. The van der Waals surface area contributed by atoms with E-state index in [2.05, 4.69) is 0 Å². The molecule has 0 aliphatic heterocycles. The van der Waals surface area contributed by atoms with Gasteiger partial charge in [0.15, 0.2) is 5.41 Å². The van der Waals surface area contributed by atoms with Crippen molar-refractivity contribution < 1.29 is 70.2 Å². The summed E-state index contributed by atoms with van der Waals surface area (Å²) < 4.78 is 205. The number of rotatable bonds is 2. The van der Waals surface area contributed by atoms with Gasteiger partial charge in [-0.2, -0.15) is 65.9 Å². The molecule has 0 radical (unpaired) electrons. The van der Waals surface area contributed by atoms with Crippen LogP contribution >= 0.6 is 0 Å². The smallest absolute Gasteiger partial charge is 0.218 e. The number of halogens is 16. The summed E-state index contributed by atoms with van der Waals surface area (Å²) >= 11 is 0. The van der Waals surface area contributed by atoms with E-state index in [0.717, 1.165) is 0 Å². The molecule has 0 unspecified atom stereocenters. The molecular formula is C11H6F16. The van der Waals surface area contributed by atoms with Gasteiger partial charge >= 0.3 is 36.6 Å². The van der Waals surface area contributed by atoms with Crippen LogP contribution < -0.4 is 0 Å². The Morgan fingerprint density at radius 1 is 0.481 bits per heavy atom. The molecule has 0 aromatic rings. The van der Waals surface area contributed by atoms with Gasteiger partial charge in [0.1, 0.15) is 0 Å². The normalized spacial score (nSPS) is 17.1. The molecule has 16 heteroatoms. The summed E-state index contributed by atoms with van der Waals surface area (Å²) in [5.41, 5.74) is -22.4. The Bertz CT molecular complexity index is 506. The predicted molar refractivity (Wildman–Crippen MR) is 54.9 cm³/mol. The lowest BCUT2D eigenvalue weighted by Crippen LogP contribution is -2.63. The van der Waals surface area contributed by atoms with Crippen LogP contribution in [0.1, 0.15) is 13.8 Å². The molecule has 0 spiro atoms. The first-order valence-corrected chi connectivity index (χ1v) is 6.02. The molecule has 0 aromatic carbocycles. The van der Waals surface area contributed by atoms with Gasteiger partial charge in [0.2, 0.25) is 0 Å². The van der Waals surface area contributed by atoms with Crippen LogP contribution in [0.5, 0.6) is 0 Å². The van der Waals surface area contributed by atoms with E-state index in [1.165, 1.54) is 0 Å². The van der Waals surface area contributed by atoms with E-state index in [1.807, 2.05) is 0 Å². The van der Waals surface area contributed by atoms with Crippen molar-refractivity contribution in [2.45, 2.75) is 50.4 Å². The molecule has 0 heterocycles. The zero-order chi connectivity index (χ0) is 22.7. The van der Waals surface area contributed by atoms with E-state index in [9.17, 15) is 70.2 Å². The van der Waals surface area contributed by atoms with Gasteiger partial charge in [-0.05, 0) is 13.8 Å². The summed E-state index contributed by atoms with van der Waals surface area (Å²) in [5, 5.41) is 0. The molecule has 0 aliphatic carbocycles. The Hall–Kier alpha value is -1.38. The number of alkyl halides is 16. The third-order valence-electron chi connectivity index (χ3n) is 3.56. The lowest BCUT2D eigenvalue weighted by atomic mass is 9.69. The number of allylic oxidation sites excluding steroid dienone is 2. The highest BCUT2D eigenvalue weighted by molar-refractivity contribution is 5.39. The largest absolute Gasteiger partial charge is 0.435 e. The molecule has 0 aliphatic rings. The molecule has 0 fully saturated rings. The molecule has 0 nitrogen and oxygen atoms in total. The molecule has 162 valence electrons. The van der Waals surface area contributed by atoms with Crippen molar-refractivity contribution >= 4 is 0 Å². The van der Waals surface area contributed by atoms with Crippen LogP contribution in [-0.4, -0.2) is 36.6 Å². The van der Waals surface area contributed by atoms with Gasteiger partial charge in [0.05, 0.1) is 0 Å². The van der Waals surface area contributed by atoms with Crippen LogP contribution in [0, 0.1) is 5.41 Å². The molecule has 0 bridgehead atoms. The van der Waals surface area contributed by atoms with Crippen LogP contribution in [-0.2, 0) is 0 Å². The van der Waals surface area contributed by atoms with Gasteiger partial charge in [-0.25, -0.2) is 4.39 Å². The van der Waals surface area contributed by atoms with Crippen molar-refractivity contribution in [3.05, 3.63) is 11.1 Å². The van der Waals surface area contributed by atoms with Gasteiger partial charge in [-0.1, -0.05) is 0 Å².